The lowest BCUT2D eigenvalue weighted by atomic mass is 10.2. The first-order valence-electron chi connectivity index (χ1n) is 10.9. The van der Waals surface area contributed by atoms with Crippen molar-refractivity contribution in [1.29, 1.82) is 5.26 Å². The number of rotatable bonds is 9. The molecule has 7 nitrogen and oxygen atoms in total. The quantitative estimate of drug-likeness (QED) is 0.212. The van der Waals surface area contributed by atoms with Gasteiger partial charge in [-0.2, -0.15) is 18.4 Å². The Bertz CT molecular complexity index is 1500. The third-order valence-electron chi connectivity index (χ3n) is 4.92. The molecule has 1 N–H and O–H groups in total. The van der Waals surface area contributed by atoms with Crippen LogP contribution in [0.25, 0.3) is 6.08 Å². The first kappa shape index (κ1) is 28.2. The van der Waals surface area contributed by atoms with Crippen LogP contribution in [0.15, 0.2) is 76.5 Å². The SMILES string of the molecule is CCOc1cc(C=C(C#N)S(=O)(=O)c2ccc(F)cc2)ccc1OCC(=O)Nc1cccc(C(F)(F)F)c1. The van der Waals surface area contributed by atoms with Crippen LogP contribution in [0.1, 0.15) is 18.1 Å². The highest BCUT2D eigenvalue weighted by atomic mass is 32.2. The normalized spacial score (nSPS) is 11.9. The van der Waals surface area contributed by atoms with Crippen LogP contribution < -0.4 is 14.8 Å². The number of carbonyl (C=O) groups excluding carboxylic acids is 1. The van der Waals surface area contributed by atoms with Gasteiger partial charge in [-0.3, -0.25) is 4.79 Å². The van der Waals surface area contributed by atoms with Crippen LogP contribution in [-0.2, 0) is 20.8 Å². The van der Waals surface area contributed by atoms with Gasteiger partial charge >= 0.3 is 6.18 Å². The summed E-state index contributed by atoms with van der Waals surface area (Å²) in [7, 11) is -4.23. The molecule has 0 heterocycles. The summed E-state index contributed by atoms with van der Waals surface area (Å²) >= 11 is 0. The maximum Gasteiger partial charge on any atom is 0.416 e. The van der Waals surface area contributed by atoms with Gasteiger partial charge in [-0.25, -0.2) is 12.8 Å². The Hall–Kier alpha value is -4.37. The second kappa shape index (κ2) is 11.8. The van der Waals surface area contributed by atoms with Crippen LogP contribution in [0.4, 0.5) is 23.2 Å². The Morgan fingerprint density at radius 3 is 2.37 bits per heavy atom. The molecule has 0 radical (unpaired) electrons. The lowest BCUT2D eigenvalue weighted by molar-refractivity contribution is -0.137. The van der Waals surface area contributed by atoms with Crippen molar-refractivity contribution >= 4 is 27.5 Å². The highest BCUT2D eigenvalue weighted by molar-refractivity contribution is 7.95. The van der Waals surface area contributed by atoms with Gasteiger partial charge in [0.2, 0.25) is 9.84 Å². The van der Waals surface area contributed by atoms with E-state index in [-0.39, 0.29) is 34.3 Å². The molecule has 12 heteroatoms. The zero-order valence-electron chi connectivity index (χ0n) is 19.8. The van der Waals surface area contributed by atoms with Crippen molar-refractivity contribution in [3.05, 3.63) is 88.6 Å². The van der Waals surface area contributed by atoms with Gasteiger partial charge in [0.15, 0.2) is 18.1 Å². The highest BCUT2D eigenvalue weighted by Crippen LogP contribution is 2.32. The number of nitrogens with zero attached hydrogens (tertiary/aromatic N) is 1. The summed E-state index contributed by atoms with van der Waals surface area (Å²) in [6.07, 6.45) is -3.46. The fourth-order valence-electron chi connectivity index (χ4n) is 3.18. The van der Waals surface area contributed by atoms with Crippen LogP contribution in [0.5, 0.6) is 11.5 Å². The number of halogens is 4. The van der Waals surface area contributed by atoms with Crippen molar-refractivity contribution in [2.75, 3.05) is 18.5 Å². The van der Waals surface area contributed by atoms with Gasteiger partial charge in [-0.1, -0.05) is 12.1 Å². The molecule has 0 atom stereocenters. The van der Waals surface area contributed by atoms with E-state index >= 15 is 0 Å². The van der Waals surface area contributed by atoms with Gasteiger partial charge in [0.25, 0.3) is 5.91 Å². The lowest BCUT2D eigenvalue weighted by Gasteiger charge is -2.13. The third kappa shape index (κ3) is 7.10. The molecule has 0 saturated heterocycles. The van der Waals surface area contributed by atoms with E-state index in [2.05, 4.69) is 5.32 Å². The molecular formula is C26H20F4N2O5S. The molecule has 3 aromatic carbocycles. The van der Waals surface area contributed by atoms with Gasteiger partial charge in [0, 0.05) is 5.69 Å². The van der Waals surface area contributed by atoms with E-state index in [1.807, 2.05) is 0 Å². The number of allylic oxidation sites excluding steroid dienone is 1. The van der Waals surface area contributed by atoms with Crippen molar-refractivity contribution < 1.29 is 40.2 Å². The van der Waals surface area contributed by atoms with E-state index in [1.54, 1.807) is 13.0 Å². The maximum absolute atomic E-state index is 13.2. The number of hydrogen-bond acceptors (Lipinski definition) is 6. The van der Waals surface area contributed by atoms with Crippen molar-refractivity contribution in [3.8, 4) is 17.6 Å². The Kier molecular flexibility index (Phi) is 8.75. The van der Waals surface area contributed by atoms with Gasteiger partial charge in [-0.15, -0.1) is 0 Å². The zero-order valence-corrected chi connectivity index (χ0v) is 20.6. The molecule has 3 rings (SSSR count). The summed E-state index contributed by atoms with van der Waals surface area (Å²) in [5.74, 6) is -1.13. The maximum atomic E-state index is 13.2. The van der Waals surface area contributed by atoms with Gasteiger partial charge in [0.1, 0.15) is 16.8 Å². The van der Waals surface area contributed by atoms with Crippen molar-refractivity contribution in [2.24, 2.45) is 0 Å². The number of nitrogens with one attached hydrogen (secondary N) is 1. The van der Waals surface area contributed by atoms with E-state index in [1.165, 1.54) is 24.3 Å². The largest absolute Gasteiger partial charge is 0.490 e. The standard InChI is InChI=1S/C26H20F4N2O5S/c1-2-36-24-13-17(12-22(15-31)38(34,35)21-9-7-19(27)8-10-21)6-11-23(24)37-16-25(33)32-20-5-3-4-18(14-20)26(28,29)30/h3-14H,2,16H2,1H3,(H,32,33). The molecule has 1 amide bonds. The van der Waals surface area contributed by atoms with Gasteiger partial charge in [-0.05, 0) is 73.2 Å². The van der Waals surface area contributed by atoms with Crippen LogP contribution >= 0.6 is 0 Å². The van der Waals surface area contributed by atoms with Crippen molar-refractivity contribution in [2.45, 2.75) is 18.0 Å². The summed E-state index contributed by atoms with van der Waals surface area (Å²) < 4.78 is 88.3. The topological polar surface area (TPSA) is 105 Å². The number of ether oxygens (including phenoxy) is 2. The fourth-order valence-corrected chi connectivity index (χ4v) is 4.34. The number of benzene rings is 3. The second-order valence-electron chi connectivity index (χ2n) is 7.63. The molecule has 0 unspecified atom stereocenters. The van der Waals surface area contributed by atoms with E-state index < -0.39 is 44.8 Å². The molecule has 38 heavy (non-hydrogen) atoms. The van der Waals surface area contributed by atoms with Crippen LogP contribution in [-0.4, -0.2) is 27.5 Å². The summed E-state index contributed by atoms with van der Waals surface area (Å²) in [6, 6.07) is 14.0. The molecule has 0 bridgehead atoms. The minimum absolute atomic E-state index is 0.0645. The van der Waals surface area contributed by atoms with E-state index in [0.717, 1.165) is 48.5 Å². The third-order valence-corrected chi connectivity index (χ3v) is 6.60. The average molecular weight is 549 g/mol. The van der Waals surface area contributed by atoms with E-state index in [9.17, 15) is 36.0 Å². The molecule has 0 spiro atoms. The molecule has 0 aliphatic carbocycles. The molecular weight excluding hydrogens is 528 g/mol. The van der Waals surface area contributed by atoms with Crippen LogP contribution in [0.3, 0.4) is 0 Å². The fraction of sp³-hybridized carbons (Fsp3) is 0.154. The highest BCUT2D eigenvalue weighted by Gasteiger charge is 2.30. The molecule has 198 valence electrons. The molecule has 0 saturated carbocycles. The minimum Gasteiger partial charge on any atom is -0.490 e. The van der Waals surface area contributed by atoms with Crippen LogP contribution in [0, 0.1) is 17.1 Å². The molecule has 0 aromatic heterocycles. The summed E-state index contributed by atoms with van der Waals surface area (Å²) in [6.45, 7) is 1.29. The Balaban J connectivity index is 1.78. The Morgan fingerprint density at radius 1 is 1.03 bits per heavy atom. The zero-order chi connectivity index (χ0) is 27.9. The number of amides is 1. The number of hydrogen-bond donors (Lipinski definition) is 1. The number of anilines is 1. The van der Waals surface area contributed by atoms with E-state index in [4.69, 9.17) is 9.47 Å². The smallest absolute Gasteiger partial charge is 0.416 e. The molecule has 3 aromatic rings. The predicted molar refractivity (Wildman–Crippen MR) is 130 cm³/mol. The molecule has 0 fully saturated rings. The summed E-state index contributed by atoms with van der Waals surface area (Å²) in [5, 5.41) is 11.8. The van der Waals surface area contributed by atoms with Gasteiger partial charge < -0.3 is 14.8 Å². The number of alkyl halides is 3. The minimum atomic E-state index is -4.57. The van der Waals surface area contributed by atoms with Gasteiger partial charge in [0.05, 0.1) is 17.1 Å². The first-order valence-corrected chi connectivity index (χ1v) is 12.4. The molecule has 0 aliphatic rings. The number of sulfone groups is 1. The molecule has 0 aliphatic heterocycles. The average Bonchev–Trinajstić information content (AvgIpc) is 2.86. The summed E-state index contributed by atoms with van der Waals surface area (Å²) in [5.41, 5.74) is -0.724. The summed E-state index contributed by atoms with van der Waals surface area (Å²) in [4.78, 5) is 11.4. The van der Waals surface area contributed by atoms with Crippen molar-refractivity contribution in [1.82, 2.24) is 0 Å². The Morgan fingerprint density at radius 2 is 1.74 bits per heavy atom. The lowest BCUT2D eigenvalue weighted by Crippen LogP contribution is -2.20. The van der Waals surface area contributed by atoms with Crippen LogP contribution in [0.2, 0.25) is 0 Å². The Labute approximate surface area is 215 Å². The first-order chi connectivity index (χ1) is 17.9. The van der Waals surface area contributed by atoms with Crippen molar-refractivity contribution in [3.63, 3.8) is 0 Å². The predicted octanol–water partition coefficient (Wildman–Crippen LogP) is 5.60. The second-order valence-corrected chi connectivity index (χ2v) is 9.55. The van der Waals surface area contributed by atoms with E-state index in [0.29, 0.717) is 0 Å². The monoisotopic (exact) mass is 548 g/mol. The number of carbonyl (C=O) groups is 1. The number of nitriles is 1.